The van der Waals surface area contributed by atoms with Crippen molar-refractivity contribution in [3.63, 3.8) is 0 Å². The van der Waals surface area contributed by atoms with Gasteiger partial charge in [-0.15, -0.1) is 0 Å². The van der Waals surface area contributed by atoms with E-state index < -0.39 is 0 Å². The normalized spacial score (nSPS) is 12.0. The minimum Gasteiger partial charge on any atom is -0.483 e. The largest absolute Gasteiger partial charge is 0.483 e. The number of rotatable bonds is 8. The lowest BCUT2D eigenvalue weighted by Crippen LogP contribution is -2.31. The van der Waals surface area contributed by atoms with Gasteiger partial charge in [0, 0.05) is 30.1 Å². The molecule has 0 aliphatic carbocycles. The molecular weight excluding hydrogens is 412 g/mol. The smallest absolute Gasteiger partial charge is 0.258 e. The molecule has 0 aliphatic rings. The van der Waals surface area contributed by atoms with Gasteiger partial charge in [-0.3, -0.25) is 4.79 Å². The Hall–Kier alpha value is -3.77. The molecule has 0 bridgehead atoms. The maximum Gasteiger partial charge on any atom is 0.258 e. The number of carbonyl (C=O) groups is 1. The standard InChI is InChI=1S/C27H28N4O2/c1-19(23-11-6-9-20-8-4-5-10-24(20)23)30-26(32)18-33-25-13-12-21(16-22(25)17-31(2)3)27-28-14-7-15-29-27/h4-16,19H,17-18H2,1-3H3,(H,30,32)/t19-/m1/s1. The Morgan fingerprint density at radius 2 is 1.76 bits per heavy atom. The van der Waals surface area contributed by atoms with Crippen molar-refractivity contribution >= 4 is 16.7 Å². The Balaban J connectivity index is 1.46. The lowest BCUT2D eigenvalue weighted by atomic mass is 10.00. The van der Waals surface area contributed by atoms with Gasteiger partial charge in [0.25, 0.3) is 5.91 Å². The van der Waals surface area contributed by atoms with Crippen molar-refractivity contribution in [2.24, 2.45) is 0 Å². The van der Waals surface area contributed by atoms with Crippen LogP contribution in [0.15, 0.2) is 79.1 Å². The van der Waals surface area contributed by atoms with E-state index >= 15 is 0 Å². The van der Waals surface area contributed by atoms with Gasteiger partial charge < -0.3 is 15.0 Å². The quantitative estimate of drug-likeness (QED) is 0.433. The topological polar surface area (TPSA) is 67.3 Å². The second-order valence-electron chi connectivity index (χ2n) is 8.28. The van der Waals surface area contributed by atoms with Crippen LogP contribution in [0.5, 0.6) is 5.75 Å². The van der Waals surface area contributed by atoms with Crippen LogP contribution in [0.1, 0.15) is 24.1 Å². The molecule has 0 saturated carbocycles. The number of nitrogens with one attached hydrogen (secondary N) is 1. The summed E-state index contributed by atoms with van der Waals surface area (Å²) in [7, 11) is 3.99. The van der Waals surface area contributed by atoms with Gasteiger partial charge in [-0.1, -0.05) is 42.5 Å². The average molecular weight is 441 g/mol. The summed E-state index contributed by atoms with van der Waals surface area (Å²) in [5.74, 6) is 1.17. The van der Waals surface area contributed by atoms with E-state index in [4.69, 9.17) is 4.74 Å². The van der Waals surface area contributed by atoms with Crippen LogP contribution in [0.4, 0.5) is 0 Å². The van der Waals surface area contributed by atoms with Gasteiger partial charge in [-0.25, -0.2) is 9.97 Å². The molecule has 0 fully saturated rings. The summed E-state index contributed by atoms with van der Waals surface area (Å²) in [6.45, 7) is 2.60. The number of nitrogens with zero attached hydrogens (tertiary/aromatic N) is 3. The first-order valence-electron chi connectivity index (χ1n) is 11.0. The zero-order chi connectivity index (χ0) is 23.2. The van der Waals surface area contributed by atoms with E-state index in [1.165, 1.54) is 0 Å². The third-order valence-electron chi connectivity index (χ3n) is 5.40. The maximum absolute atomic E-state index is 12.7. The lowest BCUT2D eigenvalue weighted by Gasteiger charge is -2.18. The number of hydrogen-bond donors (Lipinski definition) is 1. The first-order chi connectivity index (χ1) is 16.0. The van der Waals surface area contributed by atoms with Gasteiger partial charge in [-0.2, -0.15) is 0 Å². The van der Waals surface area contributed by atoms with E-state index in [-0.39, 0.29) is 18.6 Å². The number of hydrogen-bond acceptors (Lipinski definition) is 5. The SMILES string of the molecule is C[C@@H](NC(=O)COc1ccc(-c2ncccn2)cc1CN(C)C)c1cccc2ccccc12. The van der Waals surface area contributed by atoms with Gasteiger partial charge in [0.15, 0.2) is 12.4 Å². The molecule has 1 heterocycles. The maximum atomic E-state index is 12.7. The predicted octanol–water partition coefficient (Wildman–Crippen LogP) is 4.61. The first kappa shape index (κ1) is 22.4. The molecule has 33 heavy (non-hydrogen) atoms. The number of carbonyl (C=O) groups excluding carboxylic acids is 1. The summed E-state index contributed by atoms with van der Waals surface area (Å²) in [4.78, 5) is 23.4. The minimum atomic E-state index is -0.165. The Kier molecular flexibility index (Phi) is 6.95. The molecule has 1 atom stereocenters. The van der Waals surface area contributed by atoms with Crippen LogP contribution in [-0.4, -0.2) is 41.5 Å². The van der Waals surface area contributed by atoms with Crippen LogP contribution in [0.3, 0.4) is 0 Å². The van der Waals surface area contributed by atoms with Crippen LogP contribution >= 0.6 is 0 Å². The summed E-state index contributed by atoms with van der Waals surface area (Å²) in [5.41, 5.74) is 2.97. The number of aromatic nitrogens is 2. The number of fused-ring (bicyclic) bond motifs is 1. The fraction of sp³-hybridized carbons (Fsp3) is 0.222. The molecule has 3 aromatic carbocycles. The van der Waals surface area contributed by atoms with Gasteiger partial charge in [0.2, 0.25) is 0 Å². The van der Waals surface area contributed by atoms with E-state index in [1.807, 2.05) is 63.5 Å². The van der Waals surface area contributed by atoms with Crippen molar-refractivity contribution in [2.45, 2.75) is 19.5 Å². The van der Waals surface area contributed by atoms with E-state index in [2.05, 4.69) is 38.4 Å². The van der Waals surface area contributed by atoms with E-state index in [0.29, 0.717) is 18.1 Å². The third-order valence-corrected chi connectivity index (χ3v) is 5.40. The first-order valence-corrected chi connectivity index (χ1v) is 11.0. The van der Waals surface area contributed by atoms with Crippen LogP contribution in [0, 0.1) is 0 Å². The van der Waals surface area contributed by atoms with Gasteiger partial charge in [0.1, 0.15) is 5.75 Å². The van der Waals surface area contributed by atoms with Crippen molar-refractivity contribution in [1.29, 1.82) is 0 Å². The number of ether oxygens (including phenoxy) is 1. The summed E-state index contributed by atoms with van der Waals surface area (Å²) >= 11 is 0. The number of amides is 1. The second-order valence-corrected chi connectivity index (χ2v) is 8.28. The Bertz CT molecular complexity index is 1240. The predicted molar refractivity (Wildman–Crippen MR) is 131 cm³/mol. The highest BCUT2D eigenvalue weighted by atomic mass is 16.5. The van der Waals surface area contributed by atoms with Gasteiger partial charge in [0.05, 0.1) is 6.04 Å². The van der Waals surface area contributed by atoms with Crippen LogP contribution in [-0.2, 0) is 11.3 Å². The van der Waals surface area contributed by atoms with Crippen molar-refractivity contribution in [1.82, 2.24) is 20.2 Å². The van der Waals surface area contributed by atoms with Crippen molar-refractivity contribution in [2.75, 3.05) is 20.7 Å². The molecule has 0 aliphatic heterocycles. The molecule has 6 nitrogen and oxygen atoms in total. The molecule has 0 saturated heterocycles. The van der Waals surface area contributed by atoms with Gasteiger partial charge >= 0.3 is 0 Å². The molecule has 0 unspecified atom stereocenters. The Labute approximate surface area is 194 Å². The Morgan fingerprint density at radius 1 is 1.00 bits per heavy atom. The summed E-state index contributed by atoms with van der Waals surface area (Å²) in [5, 5.41) is 5.36. The van der Waals surface area contributed by atoms with Crippen LogP contribution in [0.2, 0.25) is 0 Å². The molecular formula is C27H28N4O2. The number of benzene rings is 3. The zero-order valence-corrected chi connectivity index (χ0v) is 19.2. The molecule has 1 aromatic heterocycles. The van der Waals surface area contributed by atoms with Crippen LogP contribution in [0.25, 0.3) is 22.2 Å². The zero-order valence-electron chi connectivity index (χ0n) is 19.2. The van der Waals surface area contributed by atoms with Crippen molar-refractivity contribution in [3.05, 3.63) is 90.3 Å². The minimum absolute atomic E-state index is 0.0588. The molecule has 168 valence electrons. The highest BCUT2D eigenvalue weighted by molar-refractivity contribution is 5.87. The van der Waals surface area contributed by atoms with Crippen LogP contribution < -0.4 is 10.1 Å². The average Bonchev–Trinajstić information content (AvgIpc) is 2.83. The molecule has 4 rings (SSSR count). The lowest BCUT2D eigenvalue weighted by molar-refractivity contribution is -0.123. The van der Waals surface area contributed by atoms with Crippen molar-refractivity contribution in [3.8, 4) is 17.1 Å². The molecule has 1 N–H and O–H groups in total. The monoisotopic (exact) mass is 440 g/mol. The second kappa shape index (κ2) is 10.2. The van der Waals surface area contributed by atoms with E-state index in [1.54, 1.807) is 18.5 Å². The summed E-state index contributed by atoms with van der Waals surface area (Å²) in [6.07, 6.45) is 3.44. The van der Waals surface area contributed by atoms with Gasteiger partial charge in [-0.05, 0) is 61.6 Å². The van der Waals surface area contributed by atoms with Crippen molar-refractivity contribution < 1.29 is 9.53 Å². The summed E-state index contributed by atoms with van der Waals surface area (Å²) in [6, 6.07) is 21.8. The van der Waals surface area contributed by atoms with E-state index in [0.717, 1.165) is 27.5 Å². The fourth-order valence-corrected chi connectivity index (χ4v) is 3.90. The molecule has 6 heteroatoms. The highest BCUT2D eigenvalue weighted by Crippen LogP contribution is 2.26. The molecule has 4 aromatic rings. The Morgan fingerprint density at radius 3 is 2.55 bits per heavy atom. The molecule has 0 radical (unpaired) electrons. The highest BCUT2D eigenvalue weighted by Gasteiger charge is 2.15. The third kappa shape index (κ3) is 5.54. The summed E-state index contributed by atoms with van der Waals surface area (Å²) < 4.78 is 5.94. The molecule has 1 amide bonds. The fourth-order valence-electron chi connectivity index (χ4n) is 3.90. The molecule has 0 spiro atoms. The van der Waals surface area contributed by atoms with E-state index in [9.17, 15) is 4.79 Å².